The van der Waals surface area contributed by atoms with E-state index in [0.29, 0.717) is 11.9 Å². The molecule has 2 fully saturated rings. The first-order chi connectivity index (χ1) is 11.3. The fraction of sp³-hybridized carbons (Fsp3) is 0.529. The molecule has 0 amide bonds. The average molecular weight is 315 g/mol. The van der Waals surface area contributed by atoms with Gasteiger partial charge >= 0.3 is 6.01 Å². The molecule has 1 saturated carbocycles. The number of ether oxygens (including phenoxy) is 2. The number of nitrogens with zero attached hydrogens (tertiary/aromatic N) is 3. The Labute approximate surface area is 135 Å². The van der Waals surface area contributed by atoms with E-state index in [1.165, 1.54) is 12.8 Å². The molecule has 6 nitrogen and oxygen atoms in total. The van der Waals surface area contributed by atoms with Gasteiger partial charge in [-0.2, -0.15) is 4.98 Å². The third-order valence-corrected chi connectivity index (χ3v) is 4.67. The monoisotopic (exact) mass is 315 g/mol. The average Bonchev–Trinajstić information content (AvgIpc) is 3.13. The zero-order valence-corrected chi connectivity index (χ0v) is 13.5. The predicted molar refractivity (Wildman–Crippen MR) is 85.1 cm³/mol. The molecule has 0 radical (unpaired) electrons. The Bertz CT molecular complexity index is 696. The van der Waals surface area contributed by atoms with Crippen molar-refractivity contribution in [2.24, 2.45) is 0 Å². The summed E-state index contributed by atoms with van der Waals surface area (Å²) in [7, 11) is 3.35. The quantitative estimate of drug-likeness (QED) is 0.843. The summed E-state index contributed by atoms with van der Waals surface area (Å²) in [6, 6.07) is 6.79. The van der Waals surface area contributed by atoms with Crippen LogP contribution in [0.4, 0.5) is 6.01 Å². The number of hydrogen-bond acceptors (Lipinski definition) is 6. The summed E-state index contributed by atoms with van der Waals surface area (Å²) in [5.74, 6) is 2.99. The molecule has 0 spiro atoms. The van der Waals surface area contributed by atoms with Gasteiger partial charge in [-0.25, -0.2) is 0 Å². The van der Waals surface area contributed by atoms with Gasteiger partial charge in [-0.3, -0.25) is 0 Å². The van der Waals surface area contributed by atoms with Crippen molar-refractivity contribution in [1.29, 1.82) is 0 Å². The van der Waals surface area contributed by atoms with Crippen LogP contribution in [0, 0.1) is 0 Å². The maximum Gasteiger partial charge on any atom is 0.324 e. The predicted octanol–water partition coefficient (Wildman–Crippen LogP) is 3.31. The van der Waals surface area contributed by atoms with Gasteiger partial charge in [0.1, 0.15) is 11.5 Å². The number of rotatable bonds is 5. The molecule has 0 bridgehead atoms. The van der Waals surface area contributed by atoms with Crippen LogP contribution in [0.2, 0.25) is 0 Å². The Morgan fingerprint density at radius 2 is 2.04 bits per heavy atom. The maximum atomic E-state index is 5.56. The second kappa shape index (κ2) is 5.76. The van der Waals surface area contributed by atoms with Gasteiger partial charge in [0.05, 0.1) is 20.3 Å². The van der Waals surface area contributed by atoms with E-state index in [9.17, 15) is 0 Å². The van der Waals surface area contributed by atoms with E-state index >= 15 is 0 Å². The van der Waals surface area contributed by atoms with Crippen LogP contribution in [-0.4, -0.2) is 30.9 Å². The normalized spacial score (nSPS) is 20.8. The van der Waals surface area contributed by atoms with Crippen LogP contribution in [0.1, 0.15) is 49.0 Å². The fourth-order valence-electron chi connectivity index (χ4n) is 3.26. The molecule has 23 heavy (non-hydrogen) atoms. The van der Waals surface area contributed by atoms with Gasteiger partial charge in [0.15, 0.2) is 5.82 Å². The summed E-state index contributed by atoms with van der Waals surface area (Å²) in [5, 5.41) is 4.14. The van der Waals surface area contributed by atoms with E-state index in [0.717, 1.165) is 42.3 Å². The van der Waals surface area contributed by atoms with Crippen molar-refractivity contribution in [3.8, 4) is 11.5 Å². The lowest BCUT2D eigenvalue weighted by Crippen LogP contribution is -2.23. The topological polar surface area (TPSA) is 60.6 Å². The van der Waals surface area contributed by atoms with Crippen molar-refractivity contribution in [1.82, 2.24) is 10.1 Å². The number of methoxy groups -OCH3 is 2. The van der Waals surface area contributed by atoms with Crippen LogP contribution in [0.5, 0.6) is 11.5 Å². The molecule has 4 rings (SSSR count). The Balaban J connectivity index is 1.64. The summed E-state index contributed by atoms with van der Waals surface area (Å²) in [6.07, 6.45) is 4.49. The minimum atomic E-state index is 0.198. The molecule has 2 aromatic rings. The highest BCUT2D eigenvalue weighted by molar-refractivity contribution is 5.47. The summed E-state index contributed by atoms with van der Waals surface area (Å²) in [4.78, 5) is 6.80. The highest BCUT2D eigenvalue weighted by Gasteiger charge is 2.34. The smallest absolute Gasteiger partial charge is 0.324 e. The largest absolute Gasteiger partial charge is 0.497 e. The molecule has 0 N–H and O–H groups in total. The molecule has 1 saturated heterocycles. The standard InChI is InChI=1S/C17H21N3O3/c1-21-12-7-8-13(15(10-12)22-2)14-4-3-9-20(14)17-18-16(19-23-17)11-5-6-11/h7-8,10-11,14H,3-6,9H2,1-2H3/t14-/m1/s1. The van der Waals surface area contributed by atoms with E-state index in [4.69, 9.17) is 14.0 Å². The lowest BCUT2D eigenvalue weighted by atomic mass is 10.0. The number of benzene rings is 1. The minimum Gasteiger partial charge on any atom is -0.497 e. The first kappa shape index (κ1) is 14.4. The number of anilines is 1. The fourth-order valence-corrected chi connectivity index (χ4v) is 3.26. The van der Waals surface area contributed by atoms with Crippen molar-refractivity contribution in [3.05, 3.63) is 29.6 Å². The third-order valence-electron chi connectivity index (χ3n) is 4.67. The van der Waals surface area contributed by atoms with Crippen molar-refractivity contribution < 1.29 is 14.0 Å². The lowest BCUT2D eigenvalue weighted by Gasteiger charge is -2.24. The first-order valence-electron chi connectivity index (χ1n) is 8.12. The molecule has 0 unspecified atom stereocenters. The molecule has 1 atom stereocenters. The van der Waals surface area contributed by atoms with Crippen LogP contribution in [0.3, 0.4) is 0 Å². The van der Waals surface area contributed by atoms with Crippen LogP contribution >= 0.6 is 0 Å². The molecular weight excluding hydrogens is 294 g/mol. The highest BCUT2D eigenvalue weighted by atomic mass is 16.5. The molecule has 1 aromatic carbocycles. The van der Waals surface area contributed by atoms with Crippen molar-refractivity contribution >= 4 is 6.01 Å². The van der Waals surface area contributed by atoms with Crippen LogP contribution in [-0.2, 0) is 0 Å². The molecule has 1 aliphatic heterocycles. The van der Waals surface area contributed by atoms with Gasteiger partial charge in [-0.15, -0.1) is 0 Å². The van der Waals surface area contributed by atoms with Crippen LogP contribution in [0.25, 0.3) is 0 Å². The zero-order valence-electron chi connectivity index (χ0n) is 13.5. The Morgan fingerprint density at radius 1 is 1.17 bits per heavy atom. The van der Waals surface area contributed by atoms with Crippen molar-refractivity contribution in [2.45, 2.75) is 37.6 Å². The van der Waals surface area contributed by atoms with Gasteiger partial charge in [0.2, 0.25) is 0 Å². The molecule has 2 heterocycles. The summed E-state index contributed by atoms with van der Waals surface area (Å²) in [5.41, 5.74) is 1.14. The Kier molecular flexibility index (Phi) is 3.59. The summed E-state index contributed by atoms with van der Waals surface area (Å²) >= 11 is 0. The second-order valence-electron chi connectivity index (χ2n) is 6.17. The van der Waals surface area contributed by atoms with Gasteiger partial charge in [0, 0.05) is 24.1 Å². The second-order valence-corrected chi connectivity index (χ2v) is 6.17. The van der Waals surface area contributed by atoms with Gasteiger partial charge in [-0.05, 0) is 37.8 Å². The van der Waals surface area contributed by atoms with Gasteiger partial charge in [-0.1, -0.05) is 5.16 Å². The summed E-state index contributed by atoms with van der Waals surface area (Å²) < 4.78 is 16.4. The Hall–Kier alpha value is -2.24. The van der Waals surface area contributed by atoms with E-state index in [1.807, 2.05) is 12.1 Å². The van der Waals surface area contributed by atoms with E-state index in [-0.39, 0.29) is 6.04 Å². The highest BCUT2D eigenvalue weighted by Crippen LogP contribution is 2.42. The van der Waals surface area contributed by atoms with Crippen LogP contribution < -0.4 is 14.4 Å². The van der Waals surface area contributed by atoms with E-state index in [2.05, 4.69) is 21.1 Å². The molecule has 6 heteroatoms. The van der Waals surface area contributed by atoms with Gasteiger partial charge < -0.3 is 18.9 Å². The molecule has 1 aliphatic carbocycles. The molecule has 122 valence electrons. The Morgan fingerprint density at radius 3 is 2.78 bits per heavy atom. The molecular formula is C17H21N3O3. The SMILES string of the molecule is COc1ccc([C@H]2CCCN2c2nc(C3CC3)no2)c(OC)c1. The van der Waals surface area contributed by atoms with E-state index < -0.39 is 0 Å². The van der Waals surface area contributed by atoms with Crippen LogP contribution in [0.15, 0.2) is 22.7 Å². The number of aromatic nitrogens is 2. The van der Waals surface area contributed by atoms with Gasteiger partial charge in [0.25, 0.3) is 0 Å². The molecule has 2 aliphatic rings. The minimum absolute atomic E-state index is 0.198. The third kappa shape index (κ3) is 2.62. The lowest BCUT2D eigenvalue weighted by molar-refractivity contribution is 0.384. The molecule has 1 aromatic heterocycles. The summed E-state index contributed by atoms with van der Waals surface area (Å²) in [6.45, 7) is 0.923. The zero-order chi connectivity index (χ0) is 15.8. The van der Waals surface area contributed by atoms with Crippen molar-refractivity contribution in [2.75, 3.05) is 25.7 Å². The first-order valence-corrected chi connectivity index (χ1v) is 8.12. The maximum absolute atomic E-state index is 5.56. The van der Waals surface area contributed by atoms with Crippen molar-refractivity contribution in [3.63, 3.8) is 0 Å². The van der Waals surface area contributed by atoms with E-state index in [1.54, 1.807) is 14.2 Å². The number of hydrogen-bond donors (Lipinski definition) is 0.